The van der Waals surface area contributed by atoms with Gasteiger partial charge in [-0.1, -0.05) is 12.1 Å². The molecule has 0 heterocycles. The molecule has 0 bridgehead atoms. The van der Waals surface area contributed by atoms with Gasteiger partial charge in [0.15, 0.2) is 6.29 Å². The number of allylic oxidation sites excluding steroid dienone is 1. The molecule has 0 amide bonds. The topological polar surface area (TPSA) is 38.7 Å². The van der Waals surface area contributed by atoms with E-state index in [1.807, 2.05) is 13.0 Å². The Bertz CT molecular complexity index is 347. The molecule has 88 valence electrons. The second-order valence-corrected chi connectivity index (χ2v) is 3.56. The minimum Gasteiger partial charge on any atom is -0.508 e. The Morgan fingerprint density at radius 1 is 1.44 bits per heavy atom. The van der Waals surface area contributed by atoms with Gasteiger partial charge in [-0.3, -0.25) is 0 Å². The maximum atomic E-state index is 9.39. The van der Waals surface area contributed by atoms with E-state index < -0.39 is 0 Å². The highest BCUT2D eigenvalue weighted by molar-refractivity contribution is 5.35. The van der Waals surface area contributed by atoms with E-state index in [4.69, 9.17) is 9.47 Å². The lowest BCUT2D eigenvalue weighted by molar-refractivity contribution is -0.118. The predicted molar refractivity (Wildman–Crippen MR) is 63.3 cm³/mol. The minimum atomic E-state index is -0.231. The number of benzene rings is 1. The minimum absolute atomic E-state index is 0.231. The van der Waals surface area contributed by atoms with Gasteiger partial charge in [0, 0.05) is 7.11 Å². The van der Waals surface area contributed by atoms with Crippen molar-refractivity contribution in [1.82, 2.24) is 0 Å². The third kappa shape index (κ3) is 3.68. The first kappa shape index (κ1) is 12.7. The SMILES string of the molecule is C=CCc1cc(O)ccc1COC(C)OC. The van der Waals surface area contributed by atoms with E-state index in [1.54, 1.807) is 25.3 Å². The van der Waals surface area contributed by atoms with E-state index in [-0.39, 0.29) is 12.0 Å². The fourth-order valence-corrected chi connectivity index (χ4v) is 1.37. The molecule has 1 atom stereocenters. The van der Waals surface area contributed by atoms with Gasteiger partial charge in [0.1, 0.15) is 5.75 Å². The van der Waals surface area contributed by atoms with Gasteiger partial charge in [0.05, 0.1) is 6.61 Å². The quantitative estimate of drug-likeness (QED) is 0.594. The zero-order valence-corrected chi connectivity index (χ0v) is 9.77. The van der Waals surface area contributed by atoms with Gasteiger partial charge in [-0.15, -0.1) is 6.58 Å². The zero-order valence-electron chi connectivity index (χ0n) is 9.77. The Hall–Kier alpha value is -1.32. The van der Waals surface area contributed by atoms with Crippen LogP contribution in [0.5, 0.6) is 5.75 Å². The fourth-order valence-electron chi connectivity index (χ4n) is 1.37. The van der Waals surface area contributed by atoms with Gasteiger partial charge < -0.3 is 14.6 Å². The number of hydrogen-bond donors (Lipinski definition) is 1. The second-order valence-electron chi connectivity index (χ2n) is 3.56. The molecule has 1 N–H and O–H groups in total. The van der Waals surface area contributed by atoms with Crippen molar-refractivity contribution in [2.75, 3.05) is 7.11 Å². The van der Waals surface area contributed by atoms with Crippen LogP contribution in [-0.4, -0.2) is 18.5 Å². The van der Waals surface area contributed by atoms with Gasteiger partial charge in [0.2, 0.25) is 0 Å². The first-order valence-electron chi connectivity index (χ1n) is 5.23. The Labute approximate surface area is 96.3 Å². The number of aromatic hydroxyl groups is 1. The first-order chi connectivity index (χ1) is 7.67. The lowest BCUT2D eigenvalue weighted by Crippen LogP contribution is -2.10. The van der Waals surface area contributed by atoms with Crippen molar-refractivity contribution in [3.05, 3.63) is 42.0 Å². The standard InChI is InChI=1S/C13H18O3/c1-4-5-11-8-13(14)7-6-12(11)9-16-10(2)15-3/h4,6-8,10,14H,1,5,9H2,2-3H3. The molecule has 0 aliphatic rings. The van der Waals surface area contributed by atoms with Crippen molar-refractivity contribution >= 4 is 0 Å². The summed E-state index contributed by atoms with van der Waals surface area (Å²) in [4.78, 5) is 0. The number of ether oxygens (including phenoxy) is 2. The summed E-state index contributed by atoms with van der Waals surface area (Å²) < 4.78 is 10.5. The fraction of sp³-hybridized carbons (Fsp3) is 0.385. The van der Waals surface area contributed by atoms with Gasteiger partial charge in [0.25, 0.3) is 0 Å². The van der Waals surface area contributed by atoms with E-state index in [1.165, 1.54) is 0 Å². The van der Waals surface area contributed by atoms with E-state index in [0.29, 0.717) is 13.0 Å². The van der Waals surface area contributed by atoms with Crippen molar-refractivity contribution in [3.63, 3.8) is 0 Å². The zero-order chi connectivity index (χ0) is 12.0. The third-order valence-electron chi connectivity index (χ3n) is 2.36. The summed E-state index contributed by atoms with van der Waals surface area (Å²) in [6.45, 7) is 6.00. The van der Waals surface area contributed by atoms with Crippen molar-refractivity contribution < 1.29 is 14.6 Å². The number of phenolic OH excluding ortho intramolecular Hbond substituents is 1. The number of rotatable bonds is 6. The summed E-state index contributed by atoms with van der Waals surface area (Å²) in [5.41, 5.74) is 2.07. The maximum absolute atomic E-state index is 9.39. The summed E-state index contributed by atoms with van der Waals surface area (Å²) >= 11 is 0. The smallest absolute Gasteiger partial charge is 0.154 e. The summed E-state index contributed by atoms with van der Waals surface area (Å²) in [7, 11) is 1.60. The highest BCUT2D eigenvalue weighted by atomic mass is 16.7. The van der Waals surface area contributed by atoms with E-state index in [0.717, 1.165) is 11.1 Å². The van der Waals surface area contributed by atoms with E-state index >= 15 is 0 Å². The molecule has 3 heteroatoms. The third-order valence-corrected chi connectivity index (χ3v) is 2.36. The van der Waals surface area contributed by atoms with Crippen LogP contribution in [0, 0.1) is 0 Å². The Kier molecular flexibility index (Phi) is 5.02. The van der Waals surface area contributed by atoms with Crippen LogP contribution in [0.4, 0.5) is 0 Å². The molecule has 1 rings (SSSR count). The molecule has 1 aromatic carbocycles. The van der Waals surface area contributed by atoms with Crippen LogP contribution in [0.3, 0.4) is 0 Å². The Balaban J connectivity index is 2.73. The first-order valence-corrected chi connectivity index (χ1v) is 5.23. The van der Waals surface area contributed by atoms with Gasteiger partial charge >= 0.3 is 0 Å². The molecule has 1 unspecified atom stereocenters. The van der Waals surface area contributed by atoms with Crippen molar-refractivity contribution in [2.45, 2.75) is 26.2 Å². The van der Waals surface area contributed by atoms with Gasteiger partial charge in [-0.2, -0.15) is 0 Å². The molecule has 0 spiro atoms. The molecule has 1 aromatic rings. The highest BCUT2D eigenvalue weighted by Gasteiger charge is 2.05. The Morgan fingerprint density at radius 3 is 2.81 bits per heavy atom. The molecule has 0 saturated carbocycles. The molecular formula is C13H18O3. The number of phenols is 1. The molecule has 0 saturated heterocycles. The van der Waals surface area contributed by atoms with Gasteiger partial charge in [-0.05, 0) is 36.6 Å². The van der Waals surface area contributed by atoms with Crippen molar-refractivity contribution in [2.24, 2.45) is 0 Å². The molecule has 0 radical (unpaired) electrons. The van der Waals surface area contributed by atoms with Crippen LogP contribution in [0.2, 0.25) is 0 Å². The van der Waals surface area contributed by atoms with Crippen LogP contribution >= 0.6 is 0 Å². The molecule has 0 aliphatic carbocycles. The van der Waals surface area contributed by atoms with Crippen LogP contribution in [0.15, 0.2) is 30.9 Å². The van der Waals surface area contributed by atoms with Gasteiger partial charge in [-0.25, -0.2) is 0 Å². The molecule has 3 nitrogen and oxygen atoms in total. The largest absolute Gasteiger partial charge is 0.508 e. The molecule has 16 heavy (non-hydrogen) atoms. The molecule has 0 aliphatic heterocycles. The predicted octanol–water partition coefficient (Wildman–Crippen LogP) is 2.63. The highest BCUT2D eigenvalue weighted by Crippen LogP contribution is 2.18. The van der Waals surface area contributed by atoms with E-state index in [9.17, 15) is 5.11 Å². The Morgan fingerprint density at radius 2 is 2.19 bits per heavy atom. The van der Waals surface area contributed by atoms with Crippen LogP contribution in [0.25, 0.3) is 0 Å². The summed E-state index contributed by atoms with van der Waals surface area (Å²) in [5.74, 6) is 0.264. The summed E-state index contributed by atoms with van der Waals surface area (Å²) in [6.07, 6.45) is 2.29. The van der Waals surface area contributed by atoms with Crippen LogP contribution < -0.4 is 0 Å². The second kappa shape index (κ2) is 6.30. The lowest BCUT2D eigenvalue weighted by atomic mass is 10.0. The maximum Gasteiger partial charge on any atom is 0.154 e. The van der Waals surface area contributed by atoms with E-state index in [2.05, 4.69) is 6.58 Å². The lowest BCUT2D eigenvalue weighted by Gasteiger charge is -2.13. The number of hydrogen-bond acceptors (Lipinski definition) is 3. The van der Waals surface area contributed by atoms with Crippen LogP contribution in [-0.2, 0) is 22.5 Å². The molecule has 0 fully saturated rings. The van der Waals surface area contributed by atoms with Crippen molar-refractivity contribution in [3.8, 4) is 5.75 Å². The van der Waals surface area contributed by atoms with Crippen molar-refractivity contribution in [1.29, 1.82) is 0 Å². The summed E-state index contributed by atoms with van der Waals surface area (Å²) in [5, 5.41) is 9.39. The van der Waals surface area contributed by atoms with Crippen LogP contribution in [0.1, 0.15) is 18.1 Å². The number of methoxy groups -OCH3 is 1. The average Bonchev–Trinajstić information content (AvgIpc) is 2.28. The normalized spacial score (nSPS) is 12.4. The molecular weight excluding hydrogens is 204 g/mol. The monoisotopic (exact) mass is 222 g/mol. The molecule has 0 aromatic heterocycles. The average molecular weight is 222 g/mol. The summed E-state index contributed by atoms with van der Waals surface area (Å²) in [6, 6.07) is 5.25.